The van der Waals surface area contributed by atoms with Crippen LogP contribution in [0.2, 0.25) is 0 Å². The zero-order chi connectivity index (χ0) is 17.4. The fourth-order valence-corrected chi connectivity index (χ4v) is 1.91. The van der Waals surface area contributed by atoms with E-state index < -0.39 is 11.6 Å². The van der Waals surface area contributed by atoms with E-state index in [-0.39, 0.29) is 42.2 Å². The number of rotatable bonds is 6. The number of halogens is 4. The summed E-state index contributed by atoms with van der Waals surface area (Å²) < 4.78 is 44.0. The van der Waals surface area contributed by atoms with Crippen molar-refractivity contribution in [3.05, 3.63) is 65.5 Å². The van der Waals surface area contributed by atoms with Crippen molar-refractivity contribution in [2.75, 3.05) is 20.2 Å². The maximum absolute atomic E-state index is 13.0. The molecule has 0 unspecified atom stereocenters. The van der Waals surface area contributed by atoms with Gasteiger partial charge in [0, 0.05) is 19.7 Å². The van der Waals surface area contributed by atoms with Gasteiger partial charge in [-0.1, -0.05) is 12.1 Å². The molecule has 0 saturated heterocycles. The maximum atomic E-state index is 13.0. The van der Waals surface area contributed by atoms with Crippen LogP contribution in [0.25, 0.3) is 0 Å². The zero-order valence-corrected chi connectivity index (χ0v) is 15.9. The average molecular weight is 465 g/mol. The number of ether oxygens (including phenoxy) is 1. The van der Waals surface area contributed by atoms with Gasteiger partial charge < -0.3 is 15.4 Å². The summed E-state index contributed by atoms with van der Waals surface area (Å²) in [5.74, 6) is -1.34. The van der Waals surface area contributed by atoms with E-state index in [1.165, 1.54) is 18.2 Å². The molecule has 0 heterocycles. The fourth-order valence-electron chi connectivity index (χ4n) is 1.91. The van der Waals surface area contributed by atoms with E-state index >= 15 is 0 Å². The summed E-state index contributed by atoms with van der Waals surface area (Å²) in [6.45, 7) is 1.16. The van der Waals surface area contributed by atoms with E-state index in [0.717, 1.165) is 17.7 Å². The molecule has 0 saturated carbocycles. The molecule has 0 bridgehead atoms. The van der Waals surface area contributed by atoms with Crippen molar-refractivity contribution < 1.29 is 17.9 Å². The molecule has 0 radical (unpaired) electrons. The van der Waals surface area contributed by atoms with Crippen molar-refractivity contribution in [1.82, 2.24) is 10.6 Å². The van der Waals surface area contributed by atoms with Gasteiger partial charge in [-0.3, -0.25) is 4.99 Å². The Morgan fingerprint density at radius 1 is 1.00 bits per heavy atom. The van der Waals surface area contributed by atoms with Gasteiger partial charge in [-0.15, -0.1) is 24.0 Å². The van der Waals surface area contributed by atoms with Gasteiger partial charge in [-0.2, -0.15) is 0 Å². The SMILES string of the molecule is CN=C(NCCOc1ccc(F)c(F)c1)NCc1ccc(F)cc1.I. The highest BCUT2D eigenvalue weighted by Gasteiger charge is 2.03. The summed E-state index contributed by atoms with van der Waals surface area (Å²) in [4.78, 5) is 4.05. The summed E-state index contributed by atoms with van der Waals surface area (Å²) in [5.41, 5.74) is 0.914. The Bertz CT molecular complexity index is 696. The number of guanidine groups is 1. The third-order valence-electron chi connectivity index (χ3n) is 3.15. The van der Waals surface area contributed by atoms with E-state index in [2.05, 4.69) is 15.6 Å². The Labute approximate surface area is 161 Å². The fraction of sp³-hybridized carbons (Fsp3) is 0.235. The number of nitrogens with zero attached hydrogens (tertiary/aromatic N) is 1. The Kier molecular flexibility index (Phi) is 9.11. The Morgan fingerprint density at radius 3 is 2.36 bits per heavy atom. The van der Waals surface area contributed by atoms with Crippen molar-refractivity contribution in [2.24, 2.45) is 4.99 Å². The molecule has 0 amide bonds. The van der Waals surface area contributed by atoms with Gasteiger partial charge in [0.15, 0.2) is 17.6 Å². The largest absolute Gasteiger partial charge is 0.492 e. The molecule has 0 aromatic heterocycles. The molecular weight excluding hydrogens is 446 g/mol. The predicted molar refractivity (Wildman–Crippen MR) is 102 cm³/mol. The van der Waals surface area contributed by atoms with Crippen LogP contribution >= 0.6 is 24.0 Å². The first kappa shape index (κ1) is 21.1. The van der Waals surface area contributed by atoms with E-state index in [4.69, 9.17) is 4.74 Å². The topological polar surface area (TPSA) is 45.7 Å². The zero-order valence-electron chi connectivity index (χ0n) is 13.6. The number of benzene rings is 2. The molecule has 0 fully saturated rings. The first-order chi connectivity index (χ1) is 11.6. The van der Waals surface area contributed by atoms with Gasteiger partial charge >= 0.3 is 0 Å². The van der Waals surface area contributed by atoms with Gasteiger partial charge in [0.2, 0.25) is 0 Å². The van der Waals surface area contributed by atoms with Crippen molar-refractivity contribution in [1.29, 1.82) is 0 Å². The molecule has 8 heteroatoms. The molecular formula is C17H19F3IN3O. The normalized spacial score (nSPS) is 10.8. The van der Waals surface area contributed by atoms with E-state index in [1.807, 2.05) is 0 Å². The lowest BCUT2D eigenvalue weighted by Gasteiger charge is -2.12. The molecule has 2 aromatic rings. The highest BCUT2D eigenvalue weighted by Crippen LogP contribution is 2.14. The smallest absolute Gasteiger partial charge is 0.191 e. The Morgan fingerprint density at radius 2 is 1.72 bits per heavy atom. The molecule has 2 rings (SSSR count). The average Bonchev–Trinajstić information content (AvgIpc) is 2.59. The van der Waals surface area contributed by atoms with Crippen LogP contribution in [0.4, 0.5) is 13.2 Å². The van der Waals surface area contributed by atoms with Crippen LogP contribution in [0.3, 0.4) is 0 Å². The van der Waals surface area contributed by atoms with Gasteiger partial charge in [-0.25, -0.2) is 13.2 Å². The van der Waals surface area contributed by atoms with Crippen molar-refractivity contribution in [2.45, 2.75) is 6.54 Å². The van der Waals surface area contributed by atoms with Crippen LogP contribution in [-0.2, 0) is 6.54 Å². The molecule has 0 spiro atoms. The van der Waals surface area contributed by atoms with Crippen molar-refractivity contribution >= 4 is 29.9 Å². The molecule has 2 N–H and O–H groups in total. The second kappa shape index (κ2) is 10.8. The van der Waals surface area contributed by atoms with Crippen LogP contribution in [0.5, 0.6) is 5.75 Å². The molecule has 2 aromatic carbocycles. The van der Waals surface area contributed by atoms with Crippen molar-refractivity contribution in [3.63, 3.8) is 0 Å². The summed E-state index contributed by atoms with van der Waals surface area (Å²) >= 11 is 0. The van der Waals surface area contributed by atoms with E-state index in [0.29, 0.717) is 19.0 Å². The highest BCUT2D eigenvalue weighted by atomic mass is 127. The second-order valence-corrected chi connectivity index (χ2v) is 4.90. The minimum Gasteiger partial charge on any atom is -0.492 e. The van der Waals surface area contributed by atoms with Crippen LogP contribution in [0.1, 0.15) is 5.56 Å². The molecule has 0 aliphatic rings. The van der Waals surface area contributed by atoms with Gasteiger partial charge in [-0.05, 0) is 29.8 Å². The molecule has 0 atom stereocenters. The van der Waals surface area contributed by atoms with Gasteiger partial charge in [0.25, 0.3) is 0 Å². The number of hydrogen-bond donors (Lipinski definition) is 2. The molecule has 25 heavy (non-hydrogen) atoms. The molecule has 0 aliphatic heterocycles. The Hall–Kier alpha value is -1.97. The van der Waals surface area contributed by atoms with Gasteiger partial charge in [0.05, 0.1) is 6.54 Å². The van der Waals surface area contributed by atoms with Crippen LogP contribution in [0.15, 0.2) is 47.5 Å². The monoisotopic (exact) mass is 465 g/mol. The summed E-state index contributed by atoms with van der Waals surface area (Å²) in [6, 6.07) is 9.52. The predicted octanol–water partition coefficient (Wildman–Crippen LogP) is 3.47. The molecule has 136 valence electrons. The minimum absolute atomic E-state index is 0. The summed E-state index contributed by atoms with van der Waals surface area (Å²) in [6.07, 6.45) is 0. The number of aliphatic imine (C=N–C) groups is 1. The lowest BCUT2D eigenvalue weighted by atomic mass is 10.2. The quantitative estimate of drug-likeness (QED) is 0.298. The van der Waals surface area contributed by atoms with Crippen LogP contribution in [-0.4, -0.2) is 26.2 Å². The standard InChI is InChI=1S/C17H18F3N3O.HI/c1-21-17(23-11-12-2-4-13(18)5-3-12)22-8-9-24-14-6-7-15(19)16(20)10-14;/h2-7,10H,8-9,11H2,1H3,(H2,21,22,23);1H. The minimum atomic E-state index is -0.947. The lowest BCUT2D eigenvalue weighted by molar-refractivity contribution is 0.318. The first-order valence-electron chi connectivity index (χ1n) is 7.35. The van der Waals surface area contributed by atoms with Crippen LogP contribution < -0.4 is 15.4 Å². The van der Waals surface area contributed by atoms with E-state index in [1.54, 1.807) is 19.2 Å². The number of nitrogens with one attached hydrogen (secondary N) is 2. The highest BCUT2D eigenvalue weighted by molar-refractivity contribution is 14.0. The van der Waals surface area contributed by atoms with E-state index in [9.17, 15) is 13.2 Å². The third-order valence-corrected chi connectivity index (χ3v) is 3.15. The third kappa shape index (κ3) is 7.20. The summed E-state index contributed by atoms with van der Waals surface area (Å²) in [5, 5.41) is 6.09. The first-order valence-corrected chi connectivity index (χ1v) is 7.35. The maximum Gasteiger partial charge on any atom is 0.191 e. The lowest BCUT2D eigenvalue weighted by Crippen LogP contribution is -2.38. The van der Waals surface area contributed by atoms with Gasteiger partial charge in [0.1, 0.15) is 18.2 Å². The number of hydrogen-bond acceptors (Lipinski definition) is 2. The molecule has 4 nitrogen and oxygen atoms in total. The summed E-state index contributed by atoms with van der Waals surface area (Å²) in [7, 11) is 1.62. The van der Waals surface area contributed by atoms with Crippen LogP contribution in [0, 0.1) is 17.5 Å². The van der Waals surface area contributed by atoms with Crippen molar-refractivity contribution in [3.8, 4) is 5.75 Å². The molecule has 0 aliphatic carbocycles. The Balaban J connectivity index is 0.00000312. The second-order valence-electron chi connectivity index (χ2n) is 4.90.